The highest BCUT2D eigenvalue weighted by atomic mass is 16.6. The van der Waals surface area contributed by atoms with E-state index in [1.54, 1.807) is 0 Å². The minimum Gasteiger partial charge on any atom is -0.407 e. The zero-order chi connectivity index (χ0) is 22.7. The number of amides is 2. The Kier molecular flexibility index (Phi) is 6.02. The van der Waals surface area contributed by atoms with Gasteiger partial charge in [0.05, 0.1) is 16.5 Å². The van der Waals surface area contributed by atoms with Crippen molar-refractivity contribution in [2.24, 2.45) is 5.92 Å². The molecule has 0 saturated heterocycles. The number of nitro groups is 1. The Balaban J connectivity index is 1.28. The number of aromatic nitrogens is 1. The number of hydrogen-bond donors (Lipinski definition) is 2. The van der Waals surface area contributed by atoms with E-state index in [4.69, 9.17) is 4.42 Å². The molecule has 1 aliphatic carbocycles. The first-order chi connectivity index (χ1) is 15.4. The third-order valence-electron chi connectivity index (χ3n) is 5.28. The van der Waals surface area contributed by atoms with Crippen molar-refractivity contribution < 1.29 is 18.9 Å². The van der Waals surface area contributed by atoms with E-state index in [0.29, 0.717) is 24.2 Å². The molecular weight excluding hydrogens is 416 g/mol. The number of aryl methyl sites for hydroxylation is 1. The number of carbonyl (C=O) groups is 2. The second kappa shape index (κ2) is 9.04. The lowest BCUT2D eigenvalue weighted by Gasteiger charge is -2.09. The van der Waals surface area contributed by atoms with E-state index in [9.17, 15) is 24.5 Å². The molecular formula is C22H22N4O6. The van der Waals surface area contributed by atoms with E-state index < -0.39 is 10.7 Å². The van der Waals surface area contributed by atoms with Gasteiger partial charge in [0, 0.05) is 37.2 Å². The van der Waals surface area contributed by atoms with Crippen LogP contribution in [-0.2, 0) is 22.7 Å². The van der Waals surface area contributed by atoms with Crippen molar-refractivity contribution in [2.45, 2.75) is 38.8 Å². The minimum absolute atomic E-state index is 0.0304. The van der Waals surface area contributed by atoms with Gasteiger partial charge in [0.2, 0.25) is 11.8 Å². The van der Waals surface area contributed by atoms with Crippen LogP contribution in [0.1, 0.15) is 31.2 Å². The molecule has 2 N–H and O–H groups in total. The van der Waals surface area contributed by atoms with Crippen LogP contribution in [0.2, 0.25) is 0 Å². The number of carbonyl (C=O) groups excluding carboxylic acids is 2. The number of fused-ring (bicyclic) bond motifs is 1. The average molecular weight is 438 g/mol. The smallest absolute Gasteiger partial charge is 0.407 e. The van der Waals surface area contributed by atoms with Gasteiger partial charge < -0.3 is 15.1 Å². The zero-order valence-electron chi connectivity index (χ0n) is 17.2. The fourth-order valence-electron chi connectivity index (χ4n) is 3.42. The molecule has 2 amide bonds. The van der Waals surface area contributed by atoms with Crippen LogP contribution >= 0.6 is 0 Å². The van der Waals surface area contributed by atoms with E-state index in [-0.39, 0.29) is 42.0 Å². The van der Waals surface area contributed by atoms with E-state index in [1.807, 2.05) is 24.3 Å². The largest absolute Gasteiger partial charge is 0.419 e. The molecule has 3 aromatic rings. The van der Waals surface area contributed by atoms with Gasteiger partial charge in [0.15, 0.2) is 5.58 Å². The molecule has 10 nitrogen and oxygen atoms in total. The van der Waals surface area contributed by atoms with Gasteiger partial charge in [-0.2, -0.15) is 0 Å². The maximum absolute atomic E-state index is 12.2. The van der Waals surface area contributed by atoms with Gasteiger partial charge in [-0.1, -0.05) is 12.1 Å². The lowest BCUT2D eigenvalue weighted by molar-refractivity contribution is -0.384. The van der Waals surface area contributed by atoms with Gasteiger partial charge in [0.25, 0.3) is 5.69 Å². The van der Waals surface area contributed by atoms with Gasteiger partial charge in [-0.05, 0) is 43.0 Å². The van der Waals surface area contributed by atoms with Crippen LogP contribution in [-0.4, -0.2) is 21.3 Å². The molecule has 32 heavy (non-hydrogen) atoms. The summed E-state index contributed by atoms with van der Waals surface area (Å²) in [5.74, 6) is -0.643. The molecule has 10 heteroatoms. The molecule has 1 heterocycles. The Hall–Kier alpha value is -3.95. The van der Waals surface area contributed by atoms with Crippen molar-refractivity contribution in [3.8, 4) is 0 Å². The number of benzene rings is 2. The van der Waals surface area contributed by atoms with E-state index >= 15 is 0 Å². The third-order valence-corrected chi connectivity index (χ3v) is 5.28. The number of anilines is 1. The normalized spacial score (nSPS) is 13.1. The highest BCUT2D eigenvalue weighted by Crippen LogP contribution is 2.30. The molecule has 0 atom stereocenters. The van der Waals surface area contributed by atoms with Crippen LogP contribution in [0.5, 0.6) is 0 Å². The molecule has 0 radical (unpaired) electrons. The topological polar surface area (TPSA) is 136 Å². The Morgan fingerprint density at radius 3 is 2.75 bits per heavy atom. The highest BCUT2D eigenvalue weighted by Gasteiger charge is 2.29. The number of rotatable bonds is 9. The summed E-state index contributed by atoms with van der Waals surface area (Å²) in [6.07, 6.45) is 2.46. The molecule has 1 aliphatic rings. The summed E-state index contributed by atoms with van der Waals surface area (Å²) in [4.78, 5) is 46.4. The highest BCUT2D eigenvalue weighted by molar-refractivity contribution is 5.94. The fourth-order valence-corrected chi connectivity index (χ4v) is 3.42. The number of oxazole rings is 1. The number of nitrogens with one attached hydrogen (secondary N) is 2. The van der Waals surface area contributed by atoms with Crippen molar-refractivity contribution in [3.05, 3.63) is 68.7 Å². The summed E-state index contributed by atoms with van der Waals surface area (Å²) in [7, 11) is 0. The maximum atomic E-state index is 12.2. The van der Waals surface area contributed by atoms with E-state index in [2.05, 4.69) is 10.6 Å². The quantitative estimate of drug-likeness (QED) is 0.389. The van der Waals surface area contributed by atoms with Crippen LogP contribution in [0.15, 0.2) is 51.7 Å². The standard InChI is InChI=1S/C22H22N4O6/c27-20(23-13-14-3-1-4-16(11-14)24-21(28)15-6-7-15)5-2-10-25-18-9-8-17(26(30)31)12-19(18)32-22(25)29/h1,3-4,8-9,11-12,15H,2,5-7,10,13H2,(H,23,27)(H,24,28). The van der Waals surface area contributed by atoms with Gasteiger partial charge >= 0.3 is 5.76 Å². The predicted molar refractivity (Wildman–Crippen MR) is 116 cm³/mol. The van der Waals surface area contributed by atoms with Crippen LogP contribution in [0, 0.1) is 16.0 Å². The number of nitrogens with zero attached hydrogens (tertiary/aromatic N) is 2. The second-order valence-corrected chi connectivity index (χ2v) is 7.77. The zero-order valence-corrected chi connectivity index (χ0v) is 17.2. The van der Waals surface area contributed by atoms with Crippen LogP contribution in [0.25, 0.3) is 11.1 Å². The number of non-ortho nitro benzene ring substituents is 1. The lowest BCUT2D eigenvalue weighted by Crippen LogP contribution is -2.23. The first kappa shape index (κ1) is 21.3. The summed E-state index contributed by atoms with van der Waals surface area (Å²) in [6.45, 7) is 0.573. The molecule has 2 aromatic carbocycles. The first-order valence-corrected chi connectivity index (χ1v) is 10.3. The number of hydrogen-bond acceptors (Lipinski definition) is 6. The first-order valence-electron chi connectivity index (χ1n) is 10.3. The van der Waals surface area contributed by atoms with Crippen molar-refractivity contribution in [1.82, 2.24) is 9.88 Å². The molecule has 1 aromatic heterocycles. The summed E-state index contributed by atoms with van der Waals surface area (Å²) in [5, 5.41) is 16.6. The monoisotopic (exact) mass is 438 g/mol. The van der Waals surface area contributed by atoms with Crippen molar-refractivity contribution in [2.75, 3.05) is 5.32 Å². The number of nitro benzene ring substituents is 1. The molecule has 0 unspecified atom stereocenters. The lowest BCUT2D eigenvalue weighted by atomic mass is 10.2. The molecule has 0 aliphatic heterocycles. The van der Waals surface area contributed by atoms with E-state index in [1.165, 1.54) is 22.8 Å². The average Bonchev–Trinajstić information content (AvgIpc) is 3.57. The summed E-state index contributed by atoms with van der Waals surface area (Å²) in [5.41, 5.74) is 2.01. The fraction of sp³-hybridized carbons (Fsp3) is 0.318. The summed E-state index contributed by atoms with van der Waals surface area (Å²) in [6, 6.07) is 11.3. The van der Waals surface area contributed by atoms with E-state index in [0.717, 1.165) is 18.4 Å². The molecule has 166 valence electrons. The van der Waals surface area contributed by atoms with Crippen molar-refractivity contribution in [3.63, 3.8) is 0 Å². The van der Waals surface area contributed by atoms with Gasteiger partial charge in [-0.25, -0.2) is 4.79 Å². The Bertz CT molecular complexity index is 1240. The molecule has 0 spiro atoms. The van der Waals surface area contributed by atoms with Crippen molar-refractivity contribution >= 4 is 34.3 Å². The van der Waals surface area contributed by atoms with Crippen LogP contribution < -0.4 is 16.4 Å². The van der Waals surface area contributed by atoms with Gasteiger partial charge in [-0.3, -0.25) is 24.3 Å². The van der Waals surface area contributed by atoms with Gasteiger partial charge in [0.1, 0.15) is 0 Å². The Morgan fingerprint density at radius 1 is 1.19 bits per heavy atom. The van der Waals surface area contributed by atoms with Crippen LogP contribution in [0.3, 0.4) is 0 Å². The minimum atomic E-state index is -0.619. The maximum Gasteiger partial charge on any atom is 0.419 e. The van der Waals surface area contributed by atoms with Crippen molar-refractivity contribution in [1.29, 1.82) is 0 Å². The summed E-state index contributed by atoms with van der Waals surface area (Å²) >= 11 is 0. The molecule has 4 rings (SSSR count). The summed E-state index contributed by atoms with van der Waals surface area (Å²) < 4.78 is 6.44. The molecule has 1 saturated carbocycles. The van der Waals surface area contributed by atoms with Gasteiger partial charge in [-0.15, -0.1) is 0 Å². The third kappa shape index (κ3) is 5.02. The second-order valence-electron chi connectivity index (χ2n) is 7.77. The SMILES string of the molecule is O=C(CCCn1c(=O)oc2cc([N+](=O)[O-])ccc21)NCc1cccc(NC(=O)C2CC2)c1. The molecule has 1 fully saturated rings. The Labute approximate surface area is 182 Å². The van der Waals surface area contributed by atoms with Crippen LogP contribution in [0.4, 0.5) is 11.4 Å². The predicted octanol–water partition coefficient (Wildman–Crippen LogP) is 2.95. The Morgan fingerprint density at radius 2 is 2.00 bits per heavy atom. The molecule has 0 bridgehead atoms.